The van der Waals surface area contributed by atoms with Crippen LogP contribution in [0.5, 0.6) is 0 Å². The van der Waals surface area contributed by atoms with Crippen LogP contribution >= 0.6 is 0 Å². The number of rotatable bonds is 4. The summed E-state index contributed by atoms with van der Waals surface area (Å²) in [5, 5.41) is 4.23. The van der Waals surface area contributed by atoms with Gasteiger partial charge in [-0.2, -0.15) is 0 Å². The Bertz CT molecular complexity index is 611. The largest absolute Gasteiger partial charge is 0.450 e. The van der Waals surface area contributed by atoms with Crippen LogP contribution in [0, 0.1) is 5.41 Å². The van der Waals surface area contributed by atoms with Crippen molar-refractivity contribution in [3.63, 3.8) is 0 Å². The van der Waals surface area contributed by atoms with E-state index in [0.717, 1.165) is 58.4 Å². The zero-order chi connectivity index (χ0) is 19.9. The van der Waals surface area contributed by atoms with Crippen LogP contribution in [0.3, 0.4) is 0 Å². The summed E-state index contributed by atoms with van der Waals surface area (Å²) < 4.78 is 5.17. The Hall–Kier alpha value is -1.34. The molecule has 158 valence electrons. The van der Waals surface area contributed by atoms with Gasteiger partial charge in [0.2, 0.25) is 5.91 Å². The molecule has 1 saturated carbocycles. The van der Waals surface area contributed by atoms with Gasteiger partial charge in [-0.1, -0.05) is 6.92 Å². The van der Waals surface area contributed by atoms with Gasteiger partial charge in [-0.15, -0.1) is 0 Å². The Labute approximate surface area is 168 Å². The first kappa shape index (κ1) is 20.0. The third-order valence-electron chi connectivity index (χ3n) is 7.73. The Morgan fingerprint density at radius 1 is 1.14 bits per heavy atom. The van der Waals surface area contributed by atoms with E-state index in [9.17, 15) is 9.59 Å². The predicted molar refractivity (Wildman–Crippen MR) is 107 cm³/mol. The lowest BCUT2D eigenvalue weighted by Crippen LogP contribution is -2.59. The van der Waals surface area contributed by atoms with Crippen molar-refractivity contribution in [2.24, 2.45) is 5.41 Å². The number of carbonyl (C=O) groups excluding carboxylic acids is 2. The first-order chi connectivity index (χ1) is 13.4. The van der Waals surface area contributed by atoms with E-state index in [2.05, 4.69) is 16.8 Å². The van der Waals surface area contributed by atoms with Crippen LogP contribution in [-0.4, -0.2) is 89.8 Å². The van der Waals surface area contributed by atoms with Crippen LogP contribution in [0.2, 0.25) is 0 Å². The minimum absolute atomic E-state index is 0.0495. The maximum Gasteiger partial charge on any atom is 0.409 e. The standard InChI is InChI=1S/C21H36N4O3/c1-4-9-25-21(15-18(26)22(25)3)7-11-23(12-8-21)17-13-20(14-17)6-10-24(16-20)19(27)28-5-2/h17H,4-16H2,1-3H3. The van der Waals surface area contributed by atoms with E-state index >= 15 is 0 Å². The Balaban J connectivity index is 1.29. The van der Waals surface area contributed by atoms with Crippen molar-refractivity contribution in [1.82, 2.24) is 19.8 Å². The highest BCUT2D eigenvalue weighted by Gasteiger charge is 2.54. The molecule has 4 rings (SSSR count). The monoisotopic (exact) mass is 392 g/mol. The number of likely N-dealkylation sites (tertiary alicyclic amines) is 2. The van der Waals surface area contributed by atoms with Gasteiger partial charge in [0.15, 0.2) is 0 Å². The summed E-state index contributed by atoms with van der Waals surface area (Å²) in [6.45, 7) is 9.36. The van der Waals surface area contributed by atoms with Crippen LogP contribution in [0.1, 0.15) is 58.8 Å². The molecule has 0 bridgehead atoms. The van der Waals surface area contributed by atoms with Crippen molar-refractivity contribution in [1.29, 1.82) is 0 Å². The highest BCUT2D eigenvalue weighted by molar-refractivity contribution is 5.79. The first-order valence-corrected chi connectivity index (χ1v) is 11.1. The molecule has 0 N–H and O–H groups in total. The van der Waals surface area contributed by atoms with Gasteiger partial charge in [-0.05, 0) is 50.9 Å². The number of hydrazine groups is 1. The normalized spacial score (nSPS) is 33.1. The topological polar surface area (TPSA) is 56.3 Å². The number of ether oxygens (including phenoxy) is 1. The summed E-state index contributed by atoms with van der Waals surface area (Å²) in [4.78, 5) is 28.9. The SMILES string of the molecule is CCCN1N(C)C(=O)CC12CCN(C1CC3(CCN(C(=O)OCC)C3)C1)CC2. The van der Waals surface area contributed by atoms with E-state index in [1.165, 1.54) is 12.8 Å². The second-order valence-electron chi connectivity index (χ2n) is 9.41. The first-order valence-electron chi connectivity index (χ1n) is 11.1. The number of hydrogen-bond donors (Lipinski definition) is 0. The third-order valence-corrected chi connectivity index (χ3v) is 7.73. The zero-order valence-electron chi connectivity index (χ0n) is 17.8. The van der Waals surface area contributed by atoms with E-state index in [1.54, 1.807) is 0 Å². The number of amides is 2. The molecule has 3 heterocycles. The fourth-order valence-corrected chi connectivity index (χ4v) is 6.12. The van der Waals surface area contributed by atoms with Crippen molar-refractivity contribution >= 4 is 12.0 Å². The van der Waals surface area contributed by atoms with Gasteiger partial charge in [0, 0.05) is 52.2 Å². The van der Waals surface area contributed by atoms with E-state index in [4.69, 9.17) is 4.74 Å². The van der Waals surface area contributed by atoms with Crippen molar-refractivity contribution in [2.75, 3.05) is 46.4 Å². The van der Waals surface area contributed by atoms with Crippen molar-refractivity contribution < 1.29 is 14.3 Å². The molecule has 0 unspecified atom stereocenters. The van der Waals surface area contributed by atoms with Gasteiger partial charge < -0.3 is 14.5 Å². The maximum absolute atomic E-state index is 12.3. The van der Waals surface area contributed by atoms with Crippen molar-refractivity contribution in [3.05, 3.63) is 0 Å². The fourth-order valence-electron chi connectivity index (χ4n) is 6.12. The van der Waals surface area contributed by atoms with Gasteiger partial charge in [-0.25, -0.2) is 9.80 Å². The highest BCUT2D eigenvalue weighted by atomic mass is 16.6. The number of hydrogen-bond acceptors (Lipinski definition) is 5. The van der Waals surface area contributed by atoms with Crippen LogP contribution in [-0.2, 0) is 9.53 Å². The van der Waals surface area contributed by atoms with E-state index < -0.39 is 0 Å². The molecule has 7 nitrogen and oxygen atoms in total. The van der Waals surface area contributed by atoms with Gasteiger partial charge >= 0.3 is 6.09 Å². The van der Waals surface area contributed by atoms with Crippen LogP contribution < -0.4 is 0 Å². The lowest BCUT2D eigenvalue weighted by atomic mass is 9.64. The van der Waals surface area contributed by atoms with Gasteiger partial charge in [0.1, 0.15) is 0 Å². The number of nitrogens with zero attached hydrogens (tertiary/aromatic N) is 4. The zero-order valence-corrected chi connectivity index (χ0v) is 17.8. The van der Waals surface area contributed by atoms with E-state index in [0.29, 0.717) is 24.5 Å². The van der Waals surface area contributed by atoms with Crippen LogP contribution in [0.25, 0.3) is 0 Å². The Morgan fingerprint density at radius 2 is 1.86 bits per heavy atom. The van der Waals surface area contributed by atoms with Gasteiger partial charge in [0.25, 0.3) is 0 Å². The fraction of sp³-hybridized carbons (Fsp3) is 0.905. The molecule has 2 amide bonds. The molecule has 28 heavy (non-hydrogen) atoms. The smallest absolute Gasteiger partial charge is 0.409 e. The number of piperidine rings is 1. The molecule has 0 radical (unpaired) electrons. The average molecular weight is 393 g/mol. The van der Waals surface area contributed by atoms with Crippen molar-refractivity contribution in [3.8, 4) is 0 Å². The molecule has 0 aromatic carbocycles. The maximum atomic E-state index is 12.3. The van der Waals surface area contributed by atoms with Crippen molar-refractivity contribution in [2.45, 2.75) is 70.4 Å². The van der Waals surface area contributed by atoms with E-state index in [-0.39, 0.29) is 17.5 Å². The molecular weight excluding hydrogens is 356 g/mol. The molecule has 4 aliphatic rings. The second-order valence-corrected chi connectivity index (χ2v) is 9.41. The lowest BCUT2D eigenvalue weighted by molar-refractivity contribution is -0.139. The minimum Gasteiger partial charge on any atom is -0.450 e. The summed E-state index contributed by atoms with van der Waals surface area (Å²) >= 11 is 0. The molecular formula is C21H36N4O3. The molecule has 0 aromatic rings. The molecule has 0 aromatic heterocycles. The summed E-state index contributed by atoms with van der Waals surface area (Å²) in [5.74, 6) is 0.273. The quantitative estimate of drug-likeness (QED) is 0.735. The average Bonchev–Trinajstić information content (AvgIpc) is 3.19. The summed E-state index contributed by atoms with van der Waals surface area (Å²) in [6, 6.07) is 0.647. The molecule has 4 fully saturated rings. The summed E-state index contributed by atoms with van der Waals surface area (Å²) in [6.07, 6.45) is 7.30. The molecule has 2 spiro atoms. The predicted octanol–water partition coefficient (Wildman–Crippen LogP) is 2.32. The molecule has 3 aliphatic heterocycles. The molecule has 7 heteroatoms. The van der Waals surface area contributed by atoms with E-state index in [1.807, 2.05) is 23.9 Å². The summed E-state index contributed by atoms with van der Waals surface area (Å²) in [5.41, 5.74) is 0.373. The molecule has 3 saturated heterocycles. The van der Waals surface area contributed by atoms with Crippen LogP contribution in [0.15, 0.2) is 0 Å². The van der Waals surface area contributed by atoms with Gasteiger partial charge in [-0.3, -0.25) is 9.80 Å². The van der Waals surface area contributed by atoms with Crippen LogP contribution in [0.4, 0.5) is 4.79 Å². The minimum atomic E-state index is -0.145. The third kappa shape index (κ3) is 3.30. The lowest BCUT2D eigenvalue weighted by Gasteiger charge is -2.54. The number of carbonyl (C=O) groups is 2. The Morgan fingerprint density at radius 3 is 2.50 bits per heavy atom. The Kier molecular flexibility index (Phi) is 5.33. The highest BCUT2D eigenvalue weighted by Crippen LogP contribution is 2.51. The molecule has 1 aliphatic carbocycles. The second kappa shape index (κ2) is 7.48. The summed E-state index contributed by atoms with van der Waals surface area (Å²) in [7, 11) is 1.93. The molecule has 0 atom stereocenters. The van der Waals surface area contributed by atoms with Gasteiger partial charge in [0.05, 0.1) is 12.1 Å².